The van der Waals surface area contributed by atoms with Gasteiger partial charge in [-0.2, -0.15) is 4.98 Å². The van der Waals surface area contributed by atoms with Gasteiger partial charge in [0.2, 0.25) is 5.95 Å². The summed E-state index contributed by atoms with van der Waals surface area (Å²) in [5.74, 6) is 1.96. The zero-order chi connectivity index (χ0) is 16.4. The van der Waals surface area contributed by atoms with Crippen LogP contribution in [0.4, 0.5) is 11.8 Å². The van der Waals surface area contributed by atoms with Crippen molar-refractivity contribution in [1.82, 2.24) is 14.9 Å². The summed E-state index contributed by atoms with van der Waals surface area (Å²) in [5, 5.41) is 0. The maximum absolute atomic E-state index is 12.4. The van der Waals surface area contributed by atoms with E-state index in [1.807, 2.05) is 17.2 Å². The summed E-state index contributed by atoms with van der Waals surface area (Å²) in [4.78, 5) is 28.0. The summed E-state index contributed by atoms with van der Waals surface area (Å²) in [6, 6.07) is 1.97. The van der Waals surface area contributed by atoms with Crippen molar-refractivity contribution < 1.29 is 9.53 Å². The maximum atomic E-state index is 12.4. The molecule has 3 fully saturated rings. The number of carbonyl (C=O) groups is 1. The second-order valence-corrected chi connectivity index (χ2v) is 6.72. The van der Waals surface area contributed by atoms with Crippen LogP contribution in [0.5, 0.6) is 0 Å². The van der Waals surface area contributed by atoms with Crippen LogP contribution in [-0.2, 0) is 9.53 Å². The van der Waals surface area contributed by atoms with Crippen molar-refractivity contribution in [3.05, 3.63) is 12.3 Å². The fourth-order valence-electron chi connectivity index (χ4n) is 3.72. The summed E-state index contributed by atoms with van der Waals surface area (Å²) in [7, 11) is 0. The molecule has 0 spiro atoms. The van der Waals surface area contributed by atoms with Crippen LogP contribution in [0.25, 0.3) is 0 Å². The van der Waals surface area contributed by atoms with E-state index in [-0.39, 0.29) is 12.0 Å². The van der Waals surface area contributed by atoms with Gasteiger partial charge < -0.3 is 19.4 Å². The molecule has 1 aromatic heterocycles. The van der Waals surface area contributed by atoms with Gasteiger partial charge in [-0.1, -0.05) is 0 Å². The quantitative estimate of drug-likeness (QED) is 0.820. The summed E-state index contributed by atoms with van der Waals surface area (Å²) in [6.07, 6.45) is 5.94. The van der Waals surface area contributed by atoms with E-state index in [0.717, 1.165) is 70.5 Å². The van der Waals surface area contributed by atoms with Gasteiger partial charge in [-0.25, -0.2) is 4.98 Å². The number of anilines is 2. The lowest BCUT2D eigenvalue weighted by atomic mass is 10.2. The molecule has 1 amide bonds. The van der Waals surface area contributed by atoms with E-state index in [9.17, 15) is 4.79 Å². The summed E-state index contributed by atoms with van der Waals surface area (Å²) < 4.78 is 5.52. The highest BCUT2D eigenvalue weighted by Crippen LogP contribution is 2.21. The van der Waals surface area contributed by atoms with E-state index in [1.54, 1.807) is 0 Å². The second-order valence-electron chi connectivity index (χ2n) is 6.72. The zero-order valence-corrected chi connectivity index (χ0v) is 14.1. The van der Waals surface area contributed by atoms with Crippen molar-refractivity contribution >= 4 is 17.7 Å². The molecule has 0 bridgehead atoms. The smallest absolute Gasteiger partial charge is 0.251 e. The Morgan fingerprint density at radius 2 is 1.83 bits per heavy atom. The van der Waals surface area contributed by atoms with Crippen molar-refractivity contribution in [2.45, 2.75) is 31.8 Å². The van der Waals surface area contributed by atoms with Gasteiger partial charge in [-0.05, 0) is 31.7 Å². The van der Waals surface area contributed by atoms with Gasteiger partial charge in [-0.3, -0.25) is 4.79 Å². The normalized spacial score (nSPS) is 24.7. The van der Waals surface area contributed by atoms with Crippen molar-refractivity contribution in [2.75, 3.05) is 55.7 Å². The molecule has 7 heteroatoms. The Morgan fingerprint density at radius 3 is 2.54 bits per heavy atom. The van der Waals surface area contributed by atoms with Crippen molar-refractivity contribution in [1.29, 1.82) is 0 Å². The first-order valence-electron chi connectivity index (χ1n) is 9.04. The summed E-state index contributed by atoms with van der Waals surface area (Å²) in [6.45, 7) is 5.92. The third kappa shape index (κ3) is 3.17. The molecule has 0 aromatic carbocycles. The van der Waals surface area contributed by atoms with Crippen LogP contribution in [0, 0.1) is 0 Å². The average molecular weight is 331 g/mol. The Hall–Kier alpha value is -1.89. The van der Waals surface area contributed by atoms with Gasteiger partial charge in [0.25, 0.3) is 5.91 Å². The van der Waals surface area contributed by atoms with Crippen molar-refractivity contribution in [3.63, 3.8) is 0 Å². The molecular formula is C17H25N5O2. The second kappa shape index (κ2) is 6.93. The zero-order valence-electron chi connectivity index (χ0n) is 14.1. The Kier molecular flexibility index (Phi) is 4.51. The van der Waals surface area contributed by atoms with Crippen LogP contribution in [0.3, 0.4) is 0 Å². The number of aromatic nitrogens is 2. The Labute approximate surface area is 142 Å². The van der Waals surface area contributed by atoms with Gasteiger partial charge in [-0.15, -0.1) is 0 Å². The molecule has 3 aliphatic rings. The molecule has 3 saturated heterocycles. The lowest BCUT2D eigenvalue weighted by molar-refractivity contribution is -0.141. The number of carbonyl (C=O) groups excluding carboxylic acids is 1. The third-order valence-corrected chi connectivity index (χ3v) is 5.14. The van der Waals surface area contributed by atoms with E-state index in [1.165, 1.54) is 12.8 Å². The van der Waals surface area contributed by atoms with E-state index in [4.69, 9.17) is 9.72 Å². The number of hydrogen-bond donors (Lipinski definition) is 0. The highest BCUT2D eigenvalue weighted by Gasteiger charge is 2.30. The number of nitrogens with zero attached hydrogens (tertiary/aromatic N) is 5. The van der Waals surface area contributed by atoms with Crippen LogP contribution in [0.2, 0.25) is 0 Å². The van der Waals surface area contributed by atoms with Crippen LogP contribution in [0.15, 0.2) is 12.3 Å². The predicted molar refractivity (Wildman–Crippen MR) is 91.2 cm³/mol. The SMILES string of the molecule is O=C([C@H]1CCCO1)N1CCN(c2ccnc(N3CCCC3)n2)CC1. The van der Waals surface area contributed by atoms with Gasteiger partial charge in [0.1, 0.15) is 11.9 Å². The number of piperazine rings is 1. The molecule has 130 valence electrons. The molecule has 0 radical (unpaired) electrons. The molecule has 4 rings (SSSR count). The van der Waals surface area contributed by atoms with E-state index in [0.29, 0.717) is 0 Å². The molecule has 24 heavy (non-hydrogen) atoms. The minimum absolute atomic E-state index is 0.160. The lowest BCUT2D eigenvalue weighted by Gasteiger charge is -2.36. The molecule has 1 atom stereocenters. The third-order valence-electron chi connectivity index (χ3n) is 5.14. The molecule has 1 aromatic rings. The largest absolute Gasteiger partial charge is 0.368 e. The lowest BCUT2D eigenvalue weighted by Crippen LogP contribution is -2.51. The summed E-state index contributed by atoms with van der Waals surface area (Å²) >= 11 is 0. The first kappa shape index (κ1) is 15.6. The van der Waals surface area contributed by atoms with Crippen LogP contribution in [-0.4, -0.2) is 72.8 Å². The number of rotatable bonds is 3. The van der Waals surface area contributed by atoms with Gasteiger partial charge in [0, 0.05) is 52.1 Å². The fourth-order valence-corrected chi connectivity index (χ4v) is 3.72. The Bertz CT molecular complexity index is 576. The van der Waals surface area contributed by atoms with Gasteiger partial charge in [0.05, 0.1) is 0 Å². The monoisotopic (exact) mass is 331 g/mol. The topological polar surface area (TPSA) is 61.8 Å². The van der Waals surface area contributed by atoms with Gasteiger partial charge >= 0.3 is 0 Å². The van der Waals surface area contributed by atoms with E-state index >= 15 is 0 Å². The van der Waals surface area contributed by atoms with Crippen molar-refractivity contribution in [2.24, 2.45) is 0 Å². The van der Waals surface area contributed by atoms with Gasteiger partial charge in [0.15, 0.2) is 0 Å². The standard InChI is InChI=1S/C17H25N5O2/c23-16(14-4-3-13-24-14)21-11-9-20(10-12-21)15-5-6-18-17(19-15)22-7-1-2-8-22/h5-6,14H,1-4,7-13H2/t14-/m1/s1. The average Bonchev–Trinajstić information content (AvgIpc) is 3.35. The van der Waals surface area contributed by atoms with Crippen LogP contribution < -0.4 is 9.80 Å². The molecule has 0 unspecified atom stereocenters. The Morgan fingerprint density at radius 1 is 1.04 bits per heavy atom. The van der Waals surface area contributed by atoms with Crippen LogP contribution >= 0.6 is 0 Å². The van der Waals surface area contributed by atoms with E-state index < -0.39 is 0 Å². The maximum Gasteiger partial charge on any atom is 0.251 e. The van der Waals surface area contributed by atoms with Crippen molar-refractivity contribution in [3.8, 4) is 0 Å². The first-order valence-corrected chi connectivity index (χ1v) is 9.04. The number of hydrogen-bond acceptors (Lipinski definition) is 6. The molecule has 0 N–H and O–H groups in total. The molecule has 7 nitrogen and oxygen atoms in total. The number of amides is 1. The first-order chi connectivity index (χ1) is 11.8. The van der Waals surface area contributed by atoms with Crippen LogP contribution in [0.1, 0.15) is 25.7 Å². The highest BCUT2D eigenvalue weighted by molar-refractivity contribution is 5.81. The molecular weight excluding hydrogens is 306 g/mol. The predicted octanol–water partition coefficient (Wildman–Crippen LogP) is 0.904. The Balaban J connectivity index is 1.37. The molecule has 0 aliphatic carbocycles. The fraction of sp³-hybridized carbons (Fsp3) is 0.706. The number of ether oxygens (including phenoxy) is 1. The molecule has 0 saturated carbocycles. The molecule has 3 aliphatic heterocycles. The molecule has 4 heterocycles. The van der Waals surface area contributed by atoms with E-state index in [2.05, 4.69) is 14.8 Å². The summed E-state index contributed by atoms with van der Waals surface area (Å²) in [5.41, 5.74) is 0. The highest BCUT2D eigenvalue weighted by atomic mass is 16.5. The minimum Gasteiger partial charge on any atom is -0.368 e. The minimum atomic E-state index is -0.211.